The maximum Gasteiger partial charge on any atom is 0.315 e. The first kappa shape index (κ1) is 35.7. The van der Waals surface area contributed by atoms with Crippen LogP contribution in [-0.2, 0) is 14.3 Å². The van der Waals surface area contributed by atoms with Crippen molar-refractivity contribution in [2.75, 3.05) is 13.2 Å². The highest BCUT2D eigenvalue weighted by molar-refractivity contribution is 5.79. The minimum absolute atomic E-state index is 0.00502. The van der Waals surface area contributed by atoms with Gasteiger partial charge in [-0.3, -0.25) is 4.79 Å². The Bertz CT molecular complexity index is 1270. The summed E-state index contributed by atoms with van der Waals surface area (Å²) in [5.74, 6) is -1.08. The summed E-state index contributed by atoms with van der Waals surface area (Å²) in [5.41, 5.74) is -2.46. The van der Waals surface area contributed by atoms with Gasteiger partial charge in [0.05, 0.1) is 36.9 Å². The van der Waals surface area contributed by atoms with Crippen molar-refractivity contribution in [2.45, 2.75) is 142 Å². The van der Waals surface area contributed by atoms with Gasteiger partial charge in [-0.05, 0) is 84.9 Å². The minimum atomic E-state index is -1.72. The van der Waals surface area contributed by atoms with E-state index < -0.39 is 89.2 Å². The van der Waals surface area contributed by atoms with Crippen LogP contribution in [0.1, 0.15) is 92.9 Å². The molecule has 11 heteroatoms. The number of aliphatic hydroxyl groups is 8. The average molecular weight is 667 g/mol. The molecule has 8 N–H and O–H groups in total. The molecule has 4 saturated carbocycles. The van der Waals surface area contributed by atoms with E-state index in [0.29, 0.717) is 38.5 Å². The summed E-state index contributed by atoms with van der Waals surface area (Å²) in [6, 6.07) is 0. The molecule has 47 heavy (non-hydrogen) atoms. The molecule has 11 nitrogen and oxygen atoms in total. The molecule has 16 atom stereocenters. The smallest absolute Gasteiger partial charge is 0.315 e. The first-order valence-corrected chi connectivity index (χ1v) is 17.7. The molecule has 1 heterocycles. The molecular weight excluding hydrogens is 608 g/mol. The zero-order chi connectivity index (χ0) is 34.7. The summed E-state index contributed by atoms with van der Waals surface area (Å²) < 4.78 is 11.4. The van der Waals surface area contributed by atoms with Crippen molar-refractivity contribution in [1.82, 2.24) is 0 Å². The highest BCUT2D eigenvalue weighted by Crippen LogP contribution is 2.75. The van der Waals surface area contributed by atoms with Gasteiger partial charge in [0.1, 0.15) is 24.4 Å². The topological polar surface area (TPSA) is 197 Å². The predicted molar refractivity (Wildman–Crippen MR) is 169 cm³/mol. The molecule has 5 aliphatic carbocycles. The van der Waals surface area contributed by atoms with Gasteiger partial charge >= 0.3 is 5.97 Å². The molecule has 1 aliphatic heterocycles. The fraction of sp³-hybridized carbons (Fsp3) is 0.917. The van der Waals surface area contributed by atoms with E-state index in [9.17, 15) is 45.6 Å². The molecule has 3 unspecified atom stereocenters. The third-order valence-electron chi connectivity index (χ3n) is 15.4. The Hall–Kier alpha value is -1.15. The third-order valence-corrected chi connectivity index (χ3v) is 15.4. The molecule has 0 aromatic carbocycles. The normalized spacial score (nSPS) is 55.4. The number of ether oxygens (including phenoxy) is 2. The van der Waals surface area contributed by atoms with Crippen LogP contribution in [-0.4, -0.2) is 109 Å². The molecule has 6 rings (SSSR count). The summed E-state index contributed by atoms with van der Waals surface area (Å²) in [7, 11) is 0. The summed E-state index contributed by atoms with van der Waals surface area (Å²) in [5, 5.41) is 85.9. The molecule has 6 aliphatic rings. The number of aliphatic hydroxyl groups excluding tert-OH is 8. The van der Waals surface area contributed by atoms with E-state index in [0.717, 1.165) is 18.4 Å². The van der Waals surface area contributed by atoms with Crippen LogP contribution in [0.5, 0.6) is 0 Å². The largest absolute Gasteiger partial charge is 0.432 e. The highest BCUT2D eigenvalue weighted by atomic mass is 16.7. The molecule has 0 amide bonds. The monoisotopic (exact) mass is 666 g/mol. The number of rotatable bonds is 4. The van der Waals surface area contributed by atoms with E-state index in [1.54, 1.807) is 0 Å². The number of fused-ring (bicyclic) bond motifs is 7. The van der Waals surface area contributed by atoms with E-state index >= 15 is 0 Å². The van der Waals surface area contributed by atoms with Gasteiger partial charge in [-0.25, -0.2) is 0 Å². The first-order valence-electron chi connectivity index (χ1n) is 17.7. The van der Waals surface area contributed by atoms with Crippen molar-refractivity contribution in [3.8, 4) is 0 Å². The van der Waals surface area contributed by atoms with E-state index in [-0.39, 0.29) is 29.3 Å². The van der Waals surface area contributed by atoms with Gasteiger partial charge in [0.2, 0.25) is 6.29 Å². The summed E-state index contributed by atoms with van der Waals surface area (Å²) in [4.78, 5) is 14.4. The molecule has 0 bridgehead atoms. The molecule has 0 spiro atoms. The van der Waals surface area contributed by atoms with Crippen LogP contribution in [0, 0.1) is 50.2 Å². The Morgan fingerprint density at radius 1 is 0.851 bits per heavy atom. The van der Waals surface area contributed by atoms with E-state index in [1.807, 2.05) is 20.8 Å². The molecule has 0 aromatic heterocycles. The van der Waals surface area contributed by atoms with Crippen molar-refractivity contribution in [1.29, 1.82) is 0 Å². The number of esters is 1. The lowest BCUT2D eigenvalue weighted by Gasteiger charge is -2.71. The zero-order valence-corrected chi connectivity index (χ0v) is 28.8. The van der Waals surface area contributed by atoms with Gasteiger partial charge in [-0.2, -0.15) is 0 Å². The Morgan fingerprint density at radius 2 is 1.51 bits per heavy atom. The summed E-state index contributed by atoms with van der Waals surface area (Å²) in [6.45, 7) is 11.9. The van der Waals surface area contributed by atoms with Crippen LogP contribution in [0.4, 0.5) is 0 Å². The fourth-order valence-corrected chi connectivity index (χ4v) is 12.1. The molecule has 5 fully saturated rings. The maximum absolute atomic E-state index is 14.4. The Balaban J connectivity index is 1.39. The molecule has 1 saturated heterocycles. The number of hydrogen-bond donors (Lipinski definition) is 8. The lowest BCUT2D eigenvalue weighted by atomic mass is 9.33. The first-order chi connectivity index (χ1) is 21.8. The third kappa shape index (κ3) is 4.67. The Morgan fingerprint density at radius 3 is 2.15 bits per heavy atom. The SMILES string of the molecule is CC1(C)CC[C@]2(C(=O)O[C@@H]3O[C@H](CO)[C@@H](O)[C@H](O)[C@H]3O)CC[C@]3(C)C(=CCC4[C@@]5(C)C[C@@H](O)[C@H](O)[C@](C)(CO)C5CC[C@]43C)C2[C@@H]1O. The van der Waals surface area contributed by atoms with Crippen LogP contribution in [0.15, 0.2) is 11.6 Å². The standard InChI is InChI=1S/C36H58O11/c1-31(2)11-13-36(30(45)47-29-26(42)25(41)24(40)20(16-37)46-29)14-12-34(5)18(23(36)28(31)44)7-8-22-32(3)15-19(39)27(43)33(4,17-38)21(32)9-10-35(22,34)6/h7,19-29,37-44H,8-17H2,1-6H3/t19-,20-,21?,22?,23?,24-,25+,26-,27+,28+,29+,32+,33-,34-,35-,36+/m1/s1. The van der Waals surface area contributed by atoms with Crippen molar-refractivity contribution in [2.24, 2.45) is 50.2 Å². The van der Waals surface area contributed by atoms with Gasteiger partial charge < -0.3 is 50.3 Å². The number of carbonyl (C=O) groups is 1. The van der Waals surface area contributed by atoms with Gasteiger partial charge in [-0.15, -0.1) is 0 Å². The van der Waals surface area contributed by atoms with Gasteiger partial charge in [0.25, 0.3) is 0 Å². The minimum Gasteiger partial charge on any atom is -0.432 e. The number of allylic oxidation sites excluding steroid dienone is 1. The van der Waals surface area contributed by atoms with E-state index in [2.05, 4.69) is 26.8 Å². The number of carbonyl (C=O) groups excluding carboxylic acids is 1. The summed E-state index contributed by atoms with van der Waals surface area (Å²) in [6.07, 6.45) is -3.62. The maximum atomic E-state index is 14.4. The highest BCUT2D eigenvalue weighted by Gasteiger charge is 2.72. The lowest BCUT2D eigenvalue weighted by Crippen LogP contribution is -2.69. The second-order valence-corrected chi connectivity index (χ2v) is 17.8. The Labute approximate surface area is 278 Å². The van der Waals surface area contributed by atoms with Crippen LogP contribution in [0.2, 0.25) is 0 Å². The molecule has 0 aromatic rings. The molecule has 0 radical (unpaired) electrons. The van der Waals surface area contributed by atoms with Crippen LogP contribution in [0.3, 0.4) is 0 Å². The second kappa shape index (κ2) is 11.4. The fourth-order valence-electron chi connectivity index (χ4n) is 12.1. The summed E-state index contributed by atoms with van der Waals surface area (Å²) >= 11 is 0. The van der Waals surface area contributed by atoms with Crippen molar-refractivity contribution in [3.05, 3.63) is 11.6 Å². The zero-order valence-electron chi connectivity index (χ0n) is 28.8. The lowest BCUT2D eigenvalue weighted by molar-refractivity contribution is -0.298. The van der Waals surface area contributed by atoms with Crippen LogP contribution >= 0.6 is 0 Å². The van der Waals surface area contributed by atoms with Gasteiger partial charge in [0.15, 0.2) is 0 Å². The number of hydrogen-bond acceptors (Lipinski definition) is 11. The van der Waals surface area contributed by atoms with Crippen molar-refractivity contribution < 1.29 is 55.1 Å². The van der Waals surface area contributed by atoms with Gasteiger partial charge in [-0.1, -0.05) is 53.2 Å². The van der Waals surface area contributed by atoms with E-state index in [1.165, 1.54) is 0 Å². The van der Waals surface area contributed by atoms with Crippen molar-refractivity contribution in [3.63, 3.8) is 0 Å². The Kier molecular flexibility index (Phi) is 8.68. The molecule has 268 valence electrons. The van der Waals surface area contributed by atoms with Gasteiger partial charge in [0, 0.05) is 11.3 Å². The predicted octanol–water partition coefficient (Wildman–Crippen LogP) is 1.41. The quantitative estimate of drug-likeness (QED) is 0.160. The van der Waals surface area contributed by atoms with E-state index in [4.69, 9.17) is 9.47 Å². The van der Waals surface area contributed by atoms with Crippen molar-refractivity contribution >= 4 is 5.97 Å². The molecular formula is C36H58O11. The van der Waals surface area contributed by atoms with Crippen LogP contribution in [0.25, 0.3) is 0 Å². The van der Waals surface area contributed by atoms with Crippen LogP contribution < -0.4 is 0 Å². The average Bonchev–Trinajstić information content (AvgIpc) is 3.02. The second-order valence-electron chi connectivity index (χ2n) is 17.8.